The molecule has 0 aliphatic heterocycles. The third kappa shape index (κ3) is 2.03. The lowest BCUT2D eigenvalue weighted by Crippen LogP contribution is -2.48. The van der Waals surface area contributed by atoms with E-state index in [1.165, 1.54) is 0 Å². The van der Waals surface area contributed by atoms with Gasteiger partial charge in [0.2, 0.25) is 0 Å². The zero-order chi connectivity index (χ0) is 13.8. The molecule has 2 aromatic rings. The SMILES string of the molecule is CC1(F)CC(C)(C(O)c2cc(Cl)cc3cn[nH]c23)C1. The maximum atomic E-state index is 13.8. The van der Waals surface area contributed by atoms with E-state index in [4.69, 9.17) is 11.6 Å². The second-order valence-corrected chi connectivity index (χ2v) is 6.59. The predicted molar refractivity (Wildman–Crippen MR) is 72.9 cm³/mol. The number of alkyl halides is 1. The van der Waals surface area contributed by atoms with Crippen LogP contribution in [0.1, 0.15) is 38.4 Å². The van der Waals surface area contributed by atoms with Crippen molar-refractivity contribution in [3.8, 4) is 0 Å². The Morgan fingerprint density at radius 1 is 1.42 bits per heavy atom. The number of aliphatic hydroxyl groups is 1. The number of aromatic amines is 1. The standard InChI is InChI=1S/C14H16ClFN2O/c1-13(6-14(2,16)7-13)12(19)10-4-9(15)3-8-5-17-18-11(8)10/h3-5,12,19H,6-7H2,1-2H3,(H,17,18). The molecule has 0 radical (unpaired) electrons. The summed E-state index contributed by atoms with van der Waals surface area (Å²) in [4.78, 5) is 0. The van der Waals surface area contributed by atoms with Gasteiger partial charge in [-0.25, -0.2) is 4.39 Å². The third-order valence-corrected chi connectivity index (χ3v) is 4.26. The molecule has 1 heterocycles. The van der Waals surface area contributed by atoms with Crippen molar-refractivity contribution in [1.29, 1.82) is 0 Å². The molecule has 0 bridgehead atoms. The smallest absolute Gasteiger partial charge is 0.109 e. The highest BCUT2D eigenvalue weighted by molar-refractivity contribution is 6.31. The second kappa shape index (κ2) is 3.93. The number of nitrogens with one attached hydrogen (secondary N) is 1. The monoisotopic (exact) mass is 282 g/mol. The highest BCUT2D eigenvalue weighted by atomic mass is 35.5. The van der Waals surface area contributed by atoms with Gasteiger partial charge in [0.1, 0.15) is 5.67 Å². The summed E-state index contributed by atoms with van der Waals surface area (Å²) in [5, 5.41) is 18.8. The molecule has 102 valence electrons. The normalized spacial score (nSPS) is 32.3. The Morgan fingerprint density at radius 3 is 2.74 bits per heavy atom. The van der Waals surface area contributed by atoms with E-state index in [0.717, 1.165) is 10.9 Å². The number of hydrogen-bond acceptors (Lipinski definition) is 2. The molecule has 5 heteroatoms. The minimum atomic E-state index is -1.18. The molecule has 1 aliphatic rings. The molecule has 0 saturated heterocycles. The van der Waals surface area contributed by atoms with E-state index in [1.54, 1.807) is 25.3 Å². The number of H-pyrrole nitrogens is 1. The lowest BCUT2D eigenvalue weighted by molar-refractivity contribution is -0.117. The first-order chi connectivity index (χ1) is 8.81. The highest BCUT2D eigenvalue weighted by Crippen LogP contribution is 2.57. The molecule has 1 aromatic carbocycles. The first kappa shape index (κ1) is 12.9. The lowest BCUT2D eigenvalue weighted by Gasteiger charge is -2.50. The summed E-state index contributed by atoms with van der Waals surface area (Å²) in [6.07, 6.45) is 1.62. The van der Waals surface area contributed by atoms with E-state index >= 15 is 0 Å². The summed E-state index contributed by atoms with van der Waals surface area (Å²) in [7, 11) is 0. The third-order valence-electron chi connectivity index (χ3n) is 4.04. The molecule has 3 rings (SSSR count). The Morgan fingerprint density at radius 2 is 2.11 bits per heavy atom. The topological polar surface area (TPSA) is 48.9 Å². The molecule has 1 fully saturated rings. The molecule has 1 atom stereocenters. The van der Waals surface area contributed by atoms with Gasteiger partial charge in [-0.1, -0.05) is 18.5 Å². The van der Waals surface area contributed by atoms with Crippen molar-refractivity contribution in [3.63, 3.8) is 0 Å². The van der Waals surface area contributed by atoms with Crippen molar-refractivity contribution >= 4 is 22.5 Å². The Hall–Kier alpha value is -1.13. The van der Waals surface area contributed by atoms with Gasteiger partial charge in [-0.3, -0.25) is 5.10 Å². The van der Waals surface area contributed by atoms with Gasteiger partial charge in [-0.15, -0.1) is 0 Å². The summed E-state index contributed by atoms with van der Waals surface area (Å²) in [6, 6.07) is 3.52. The lowest BCUT2D eigenvalue weighted by atomic mass is 9.58. The van der Waals surface area contributed by atoms with Crippen molar-refractivity contribution < 1.29 is 9.50 Å². The maximum absolute atomic E-state index is 13.8. The van der Waals surface area contributed by atoms with Crippen LogP contribution in [0.4, 0.5) is 4.39 Å². The van der Waals surface area contributed by atoms with Crippen molar-refractivity contribution in [2.45, 2.75) is 38.5 Å². The van der Waals surface area contributed by atoms with E-state index in [1.807, 2.05) is 6.92 Å². The molecule has 1 unspecified atom stereocenters. The van der Waals surface area contributed by atoms with Crippen LogP contribution in [0.2, 0.25) is 5.02 Å². The van der Waals surface area contributed by atoms with Crippen LogP contribution in [0.5, 0.6) is 0 Å². The van der Waals surface area contributed by atoms with Crippen LogP contribution in [0.25, 0.3) is 10.9 Å². The number of rotatable bonds is 2. The van der Waals surface area contributed by atoms with Gasteiger partial charge in [0.05, 0.1) is 17.8 Å². The number of aromatic nitrogens is 2. The average molecular weight is 283 g/mol. The summed E-state index contributed by atoms with van der Waals surface area (Å²) in [5.41, 5.74) is -0.170. The largest absolute Gasteiger partial charge is 0.388 e. The number of benzene rings is 1. The predicted octanol–water partition coefficient (Wildman–Crippen LogP) is 3.78. The van der Waals surface area contributed by atoms with Gasteiger partial charge >= 0.3 is 0 Å². The second-order valence-electron chi connectivity index (χ2n) is 6.15. The van der Waals surface area contributed by atoms with Gasteiger partial charge in [-0.05, 0) is 31.9 Å². The minimum absolute atomic E-state index is 0.351. The molecule has 3 nitrogen and oxygen atoms in total. The van der Waals surface area contributed by atoms with Crippen LogP contribution < -0.4 is 0 Å². The summed E-state index contributed by atoms with van der Waals surface area (Å²) in [5.74, 6) is 0. The van der Waals surface area contributed by atoms with E-state index < -0.39 is 17.2 Å². The van der Waals surface area contributed by atoms with Crippen molar-refractivity contribution in [2.24, 2.45) is 5.41 Å². The molecule has 19 heavy (non-hydrogen) atoms. The van der Waals surface area contributed by atoms with Gasteiger partial charge < -0.3 is 5.11 Å². The highest BCUT2D eigenvalue weighted by Gasteiger charge is 2.53. The first-order valence-corrected chi connectivity index (χ1v) is 6.68. The molecule has 1 aromatic heterocycles. The summed E-state index contributed by atoms with van der Waals surface area (Å²) >= 11 is 6.07. The van der Waals surface area contributed by atoms with Crippen LogP contribution >= 0.6 is 11.6 Å². The number of aliphatic hydroxyl groups excluding tert-OH is 1. The van der Waals surface area contributed by atoms with Gasteiger partial charge in [0.25, 0.3) is 0 Å². The average Bonchev–Trinajstić information content (AvgIpc) is 2.71. The van der Waals surface area contributed by atoms with E-state index in [9.17, 15) is 9.50 Å². The van der Waals surface area contributed by atoms with Crippen LogP contribution in [-0.2, 0) is 0 Å². The fraction of sp³-hybridized carbons (Fsp3) is 0.500. The Kier molecular flexibility index (Phi) is 2.67. The number of fused-ring (bicyclic) bond motifs is 1. The van der Waals surface area contributed by atoms with E-state index in [2.05, 4.69) is 10.2 Å². The van der Waals surface area contributed by atoms with Crippen molar-refractivity contribution in [2.75, 3.05) is 0 Å². The Balaban J connectivity index is 2.02. The van der Waals surface area contributed by atoms with Crippen LogP contribution in [0.3, 0.4) is 0 Å². The van der Waals surface area contributed by atoms with Gasteiger partial charge in [0.15, 0.2) is 0 Å². The zero-order valence-corrected chi connectivity index (χ0v) is 11.6. The van der Waals surface area contributed by atoms with Gasteiger partial charge in [-0.2, -0.15) is 5.10 Å². The number of hydrogen-bond donors (Lipinski definition) is 2. The molecule has 0 amide bonds. The minimum Gasteiger partial charge on any atom is -0.388 e. The number of halogens is 2. The van der Waals surface area contributed by atoms with Crippen LogP contribution in [-0.4, -0.2) is 21.0 Å². The maximum Gasteiger partial charge on any atom is 0.109 e. The Bertz CT molecular complexity index is 629. The zero-order valence-electron chi connectivity index (χ0n) is 10.9. The molecular formula is C14H16ClFN2O. The number of nitrogens with zero attached hydrogens (tertiary/aromatic N) is 1. The summed E-state index contributed by atoms with van der Waals surface area (Å²) < 4.78 is 13.8. The molecule has 0 spiro atoms. The first-order valence-electron chi connectivity index (χ1n) is 6.30. The Labute approximate surface area is 115 Å². The molecular weight excluding hydrogens is 267 g/mol. The molecule has 2 N–H and O–H groups in total. The van der Waals surface area contributed by atoms with Crippen molar-refractivity contribution in [3.05, 3.63) is 28.9 Å². The van der Waals surface area contributed by atoms with Crippen LogP contribution in [0, 0.1) is 5.41 Å². The fourth-order valence-corrected chi connectivity index (χ4v) is 3.70. The van der Waals surface area contributed by atoms with Crippen LogP contribution in [0.15, 0.2) is 18.3 Å². The fourth-order valence-electron chi connectivity index (χ4n) is 3.46. The van der Waals surface area contributed by atoms with Crippen molar-refractivity contribution in [1.82, 2.24) is 10.2 Å². The van der Waals surface area contributed by atoms with E-state index in [-0.39, 0.29) is 0 Å². The molecule has 1 saturated carbocycles. The summed E-state index contributed by atoms with van der Waals surface area (Å²) in [6.45, 7) is 3.48. The van der Waals surface area contributed by atoms with E-state index in [0.29, 0.717) is 23.4 Å². The quantitative estimate of drug-likeness (QED) is 0.881. The molecule has 1 aliphatic carbocycles. The van der Waals surface area contributed by atoms with Gasteiger partial charge in [0, 0.05) is 21.4 Å².